The number of aliphatic hydroxyl groups excluding tert-OH is 1. The predicted octanol–water partition coefficient (Wildman–Crippen LogP) is 6.33. The molecule has 3 rings (SSSR count). The Labute approximate surface area is 231 Å². The number of hydrogen-bond acceptors (Lipinski definition) is 6. The molecule has 0 saturated carbocycles. The summed E-state index contributed by atoms with van der Waals surface area (Å²) >= 11 is 13.8. The van der Waals surface area contributed by atoms with Crippen LogP contribution in [0.2, 0.25) is 10.0 Å². The first-order valence-corrected chi connectivity index (χ1v) is 13.5. The molecule has 3 aromatic rings. The van der Waals surface area contributed by atoms with Gasteiger partial charge in [-0.15, -0.1) is 0 Å². The maximum Gasteiger partial charge on any atom is 0.250 e. The fourth-order valence-corrected chi connectivity index (χ4v) is 4.89. The summed E-state index contributed by atoms with van der Waals surface area (Å²) in [6, 6.07) is 12.1. The minimum absolute atomic E-state index is 0.236. The molecule has 0 aliphatic rings. The average molecular weight is 565 g/mol. The predicted molar refractivity (Wildman–Crippen MR) is 149 cm³/mol. The molecule has 1 unspecified atom stereocenters. The van der Waals surface area contributed by atoms with Gasteiger partial charge in [-0.2, -0.15) is 0 Å². The van der Waals surface area contributed by atoms with E-state index in [1.165, 1.54) is 11.3 Å². The van der Waals surface area contributed by atoms with Crippen molar-refractivity contribution in [3.05, 3.63) is 64.3 Å². The highest BCUT2D eigenvalue weighted by Crippen LogP contribution is 2.35. The standard InChI is InChI=1S/C27H31Cl2N3O4S/c1-5-9-20(31-25(35)23(33)27(2,3)4)24(34)32-26-30-14-21(37-26)17-11-7-6-10-16(17)15-36-22-18(28)12-8-13-19(22)29/h6-8,10-14,20,23,33H,5,9,15H2,1-4H3,(H,31,35)(H,30,32,34)/t20-,23?/m0/s1. The molecule has 0 radical (unpaired) electrons. The first kappa shape index (κ1) is 28.9. The zero-order chi connectivity index (χ0) is 27.2. The molecule has 37 heavy (non-hydrogen) atoms. The number of rotatable bonds is 10. The quantitative estimate of drug-likeness (QED) is 0.267. The molecule has 3 N–H and O–H groups in total. The summed E-state index contributed by atoms with van der Waals surface area (Å²) in [6.45, 7) is 7.43. The Hall–Kier alpha value is -2.65. The fourth-order valence-electron chi connectivity index (χ4n) is 3.51. The van der Waals surface area contributed by atoms with Crippen LogP contribution in [0.3, 0.4) is 0 Å². The van der Waals surface area contributed by atoms with Crippen molar-refractivity contribution in [2.45, 2.75) is 59.3 Å². The number of carbonyl (C=O) groups excluding carboxylic acids is 2. The van der Waals surface area contributed by atoms with Crippen LogP contribution in [0.5, 0.6) is 5.75 Å². The topological polar surface area (TPSA) is 101 Å². The Kier molecular flexibility index (Phi) is 9.95. The third-order valence-electron chi connectivity index (χ3n) is 5.59. The number of anilines is 1. The second-order valence-corrected chi connectivity index (χ2v) is 11.5. The van der Waals surface area contributed by atoms with Gasteiger partial charge in [-0.05, 0) is 35.1 Å². The van der Waals surface area contributed by atoms with E-state index in [0.29, 0.717) is 33.8 Å². The van der Waals surface area contributed by atoms with Gasteiger partial charge in [0.25, 0.3) is 0 Å². The summed E-state index contributed by atoms with van der Waals surface area (Å²) in [7, 11) is 0. The minimum atomic E-state index is -1.23. The molecule has 2 amide bonds. The van der Waals surface area contributed by atoms with Crippen LogP contribution >= 0.6 is 34.5 Å². The number of aliphatic hydroxyl groups is 1. The summed E-state index contributed by atoms with van der Waals surface area (Å²) in [6.07, 6.45) is 1.55. The van der Waals surface area contributed by atoms with Crippen LogP contribution in [-0.4, -0.2) is 34.1 Å². The van der Waals surface area contributed by atoms with Gasteiger partial charge in [-0.1, -0.05) is 99.0 Å². The Balaban J connectivity index is 1.72. The van der Waals surface area contributed by atoms with Gasteiger partial charge in [0.05, 0.1) is 14.9 Å². The first-order chi connectivity index (χ1) is 17.5. The summed E-state index contributed by atoms with van der Waals surface area (Å²) < 4.78 is 5.92. The molecule has 0 fully saturated rings. The van der Waals surface area contributed by atoms with E-state index in [9.17, 15) is 14.7 Å². The molecule has 2 atom stereocenters. The maximum atomic E-state index is 13.0. The largest absolute Gasteiger partial charge is 0.486 e. The second-order valence-electron chi connectivity index (χ2n) is 9.63. The van der Waals surface area contributed by atoms with Crippen LogP contribution in [0.25, 0.3) is 10.4 Å². The van der Waals surface area contributed by atoms with Crippen LogP contribution in [0.1, 0.15) is 46.1 Å². The molecule has 0 bridgehead atoms. The van der Waals surface area contributed by atoms with Crippen LogP contribution in [0, 0.1) is 5.41 Å². The molecule has 0 aliphatic heterocycles. The SMILES string of the molecule is CCC[C@H](NC(=O)C(O)C(C)(C)C)C(=O)Nc1ncc(-c2ccccc2COc2c(Cl)cccc2Cl)s1. The molecule has 0 spiro atoms. The van der Waals surface area contributed by atoms with E-state index >= 15 is 0 Å². The number of benzene rings is 2. The van der Waals surface area contributed by atoms with Crippen molar-refractivity contribution in [2.24, 2.45) is 5.41 Å². The molecule has 1 aromatic heterocycles. The molecule has 7 nitrogen and oxygen atoms in total. The minimum Gasteiger partial charge on any atom is -0.486 e. The van der Waals surface area contributed by atoms with E-state index in [4.69, 9.17) is 27.9 Å². The molecule has 0 saturated heterocycles. The van der Waals surface area contributed by atoms with E-state index in [1.54, 1.807) is 45.2 Å². The zero-order valence-electron chi connectivity index (χ0n) is 21.2. The molecule has 1 heterocycles. The van der Waals surface area contributed by atoms with Gasteiger partial charge in [0.2, 0.25) is 11.8 Å². The van der Waals surface area contributed by atoms with Gasteiger partial charge in [-0.3, -0.25) is 9.59 Å². The highest BCUT2D eigenvalue weighted by atomic mass is 35.5. The number of amides is 2. The van der Waals surface area contributed by atoms with Crippen LogP contribution in [-0.2, 0) is 16.2 Å². The zero-order valence-corrected chi connectivity index (χ0v) is 23.5. The summed E-state index contributed by atoms with van der Waals surface area (Å²) in [5.41, 5.74) is 1.15. The summed E-state index contributed by atoms with van der Waals surface area (Å²) in [4.78, 5) is 30.6. The number of nitrogens with zero attached hydrogens (tertiary/aromatic N) is 1. The molecule has 10 heteroatoms. The Morgan fingerprint density at radius 3 is 2.41 bits per heavy atom. The number of ether oxygens (including phenoxy) is 1. The van der Waals surface area contributed by atoms with Gasteiger partial charge >= 0.3 is 0 Å². The fraction of sp³-hybridized carbons (Fsp3) is 0.370. The Morgan fingerprint density at radius 1 is 1.08 bits per heavy atom. The average Bonchev–Trinajstić information content (AvgIpc) is 3.30. The number of para-hydroxylation sites is 1. The molecule has 198 valence electrons. The van der Waals surface area contributed by atoms with Gasteiger partial charge in [0.1, 0.15) is 18.8 Å². The number of thiazole rings is 1. The number of halogens is 2. The van der Waals surface area contributed by atoms with E-state index < -0.39 is 23.5 Å². The monoisotopic (exact) mass is 563 g/mol. The molecular weight excluding hydrogens is 533 g/mol. The van der Waals surface area contributed by atoms with Gasteiger partial charge in [-0.25, -0.2) is 4.98 Å². The summed E-state index contributed by atoms with van der Waals surface area (Å²) in [5, 5.41) is 17.0. The van der Waals surface area contributed by atoms with Crippen LogP contribution in [0.15, 0.2) is 48.7 Å². The van der Waals surface area contributed by atoms with E-state index in [0.717, 1.165) is 16.0 Å². The summed E-state index contributed by atoms with van der Waals surface area (Å²) in [5.74, 6) is -0.547. The van der Waals surface area contributed by atoms with Crippen molar-refractivity contribution in [3.63, 3.8) is 0 Å². The number of hydrogen-bond donors (Lipinski definition) is 3. The van der Waals surface area contributed by atoms with E-state index in [-0.39, 0.29) is 12.5 Å². The normalized spacial score (nSPS) is 13.1. The molecule has 2 aromatic carbocycles. The highest BCUT2D eigenvalue weighted by molar-refractivity contribution is 7.19. The lowest BCUT2D eigenvalue weighted by atomic mass is 9.88. The highest BCUT2D eigenvalue weighted by Gasteiger charge is 2.32. The van der Waals surface area contributed by atoms with Crippen LogP contribution < -0.4 is 15.4 Å². The molecule has 0 aliphatic carbocycles. The van der Waals surface area contributed by atoms with Gasteiger partial charge in [0, 0.05) is 6.20 Å². The third-order valence-corrected chi connectivity index (χ3v) is 7.13. The van der Waals surface area contributed by atoms with Crippen molar-refractivity contribution in [2.75, 3.05) is 5.32 Å². The molecular formula is C27H31Cl2N3O4S. The Morgan fingerprint density at radius 2 is 1.76 bits per heavy atom. The third kappa shape index (κ3) is 7.68. The van der Waals surface area contributed by atoms with Crippen molar-refractivity contribution in [1.29, 1.82) is 0 Å². The van der Waals surface area contributed by atoms with Gasteiger partial charge in [0.15, 0.2) is 10.9 Å². The number of carbonyl (C=O) groups is 2. The Bertz CT molecular complexity index is 1220. The second kappa shape index (κ2) is 12.7. The number of nitrogens with one attached hydrogen (secondary N) is 2. The smallest absolute Gasteiger partial charge is 0.250 e. The van der Waals surface area contributed by atoms with E-state index in [2.05, 4.69) is 15.6 Å². The van der Waals surface area contributed by atoms with E-state index in [1.807, 2.05) is 31.2 Å². The first-order valence-electron chi connectivity index (χ1n) is 11.9. The van der Waals surface area contributed by atoms with Gasteiger partial charge < -0.3 is 20.5 Å². The van der Waals surface area contributed by atoms with Crippen molar-refractivity contribution >= 4 is 51.5 Å². The lowest BCUT2D eigenvalue weighted by Gasteiger charge is -2.26. The lowest BCUT2D eigenvalue weighted by Crippen LogP contribution is -2.50. The number of aromatic nitrogens is 1. The van der Waals surface area contributed by atoms with Crippen molar-refractivity contribution in [1.82, 2.24) is 10.3 Å². The van der Waals surface area contributed by atoms with Crippen molar-refractivity contribution in [3.8, 4) is 16.2 Å². The van der Waals surface area contributed by atoms with Crippen LogP contribution in [0.4, 0.5) is 5.13 Å². The maximum absolute atomic E-state index is 13.0. The van der Waals surface area contributed by atoms with Crippen molar-refractivity contribution < 1.29 is 19.4 Å². The lowest BCUT2D eigenvalue weighted by molar-refractivity contribution is -0.137.